The van der Waals surface area contributed by atoms with Crippen molar-refractivity contribution in [1.82, 2.24) is 4.90 Å². The summed E-state index contributed by atoms with van der Waals surface area (Å²) in [6.07, 6.45) is 2.15. The van der Waals surface area contributed by atoms with E-state index in [1.54, 1.807) is 0 Å². The van der Waals surface area contributed by atoms with E-state index in [1.807, 2.05) is 0 Å². The standard InChI is InChI=1S/C12H19F2NO2/c13-12(14)8-17-5-4-15-9-2-1-3-10(15)7-11(16)6-9/h9-10,12H,1-8H2. The molecular formula is C12H19F2NO2. The number of carbonyl (C=O) groups is 1. The molecule has 0 radical (unpaired) electrons. The van der Waals surface area contributed by atoms with E-state index in [0.29, 0.717) is 43.9 Å². The van der Waals surface area contributed by atoms with Gasteiger partial charge in [-0.25, -0.2) is 8.78 Å². The van der Waals surface area contributed by atoms with Crippen LogP contribution in [0.4, 0.5) is 8.78 Å². The topological polar surface area (TPSA) is 29.5 Å². The molecule has 0 aromatic carbocycles. The largest absolute Gasteiger partial charge is 0.374 e. The van der Waals surface area contributed by atoms with Gasteiger partial charge in [0.15, 0.2) is 0 Å². The number of hydrogen-bond donors (Lipinski definition) is 0. The molecule has 0 saturated carbocycles. The van der Waals surface area contributed by atoms with E-state index >= 15 is 0 Å². The highest BCUT2D eigenvalue weighted by molar-refractivity contribution is 5.80. The highest BCUT2D eigenvalue weighted by Crippen LogP contribution is 2.31. The summed E-state index contributed by atoms with van der Waals surface area (Å²) in [6, 6.07) is 0.648. The van der Waals surface area contributed by atoms with E-state index in [2.05, 4.69) is 4.90 Å². The Bertz CT molecular complexity index is 257. The molecule has 0 N–H and O–H groups in total. The van der Waals surface area contributed by atoms with Gasteiger partial charge in [-0.05, 0) is 12.8 Å². The van der Waals surface area contributed by atoms with Crippen LogP contribution in [0.5, 0.6) is 0 Å². The minimum Gasteiger partial charge on any atom is -0.374 e. The predicted molar refractivity (Wildman–Crippen MR) is 59.2 cm³/mol. The Kier molecular flexibility index (Phi) is 4.45. The molecule has 5 heteroatoms. The number of fused-ring (bicyclic) bond motifs is 2. The number of nitrogens with zero attached hydrogens (tertiary/aromatic N) is 1. The molecule has 2 aliphatic rings. The molecule has 0 aromatic rings. The summed E-state index contributed by atoms with van der Waals surface area (Å²) >= 11 is 0. The van der Waals surface area contributed by atoms with Crippen LogP contribution in [0.1, 0.15) is 32.1 Å². The second kappa shape index (κ2) is 5.87. The highest BCUT2D eigenvalue weighted by Gasteiger charge is 2.36. The van der Waals surface area contributed by atoms with Gasteiger partial charge in [-0.2, -0.15) is 0 Å². The van der Waals surface area contributed by atoms with Crippen molar-refractivity contribution in [3.63, 3.8) is 0 Å². The lowest BCUT2D eigenvalue weighted by molar-refractivity contribution is -0.127. The number of carbonyl (C=O) groups excluding carboxylic acids is 1. The maximum absolute atomic E-state index is 11.9. The fourth-order valence-electron chi connectivity index (χ4n) is 2.97. The summed E-state index contributed by atoms with van der Waals surface area (Å²) in [4.78, 5) is 13.8. The van der Waals surface area contributed by atoms with Gasteiger partial charge in [0, 0.05) is 31.5 Å². The summed E-state index contributed by atoms with van der Waals surface area (Å²) in [5.74, 6) is 0.351. The number of ketones is 1. The first-order valence-corrected chi connectivity index (χ1v) is 6.30. The van der Waals surface area contributed by atoms with Crippen LogP contribution in [0.3, 0.4) is 0 Å². The van der Waals surface area contributed by atoms with Crippen molar-refractivity contribution < 1.29 is 18.3 Å². The molecule has 2 rings (SSSR count). The molecule has 0 aromatic heterocycles. The van der Waals surface area contributed by atoms with E-state index in [-0.39, 0.29) is 0 Å². The average molecular weight is 247 g/mol. The zero-order valence-corrected chi connectivity index (χ0v) is 9.91. The minimum absolute atomic E-state index is 0.324. The maximum Gasteiger partial charge on any atom is 0.261 e. The van der Waals surface area contributed by atoms with Crippen molar-refractivity contribution in [3.8, 4) is 0 Å². The second-order valence-corrected chi connectivity index (χ2v) is 4.89. The Morgan fingerprint density at radius 2 is 1.94 bits per heavy atom. The molecule has 2 aliphatic heterocycles. The van der Waals surface area contributed by atoms with E-state index in [4.69, 9.17) is 4.74 Å². The molecule has 98 valence electrons. The molecule has 0 aliphatic carbocycles. The predicted octanol–water partition coefficient (Wildman–Crippen LogP) is 1.85. The Labute approximate surface area is 100 Å². The molecule has 17 heavy (non-hydrogen) atoms. The molecular weight excluding hydrogens is 228 g/mol. The Morgan fingerprint density at radius 3 is 2.53 bits per heavy atom. The van der Waals surface area contributed by atoms with Crippen molar-refractivity contribution >= 4 is 5.78 Å². The maximum atomic E-state index is 11.9. The molecule has 2 bridgehead atoms. The summed E-state index contributed by atoms with van der Waals surface area (Å²) in [7, 11) is 0. The second-order valence-electron chi connectivity index (χ2n) is 4.89. The lowest BCUT2D eigenvalue weighted by Gasteiger charge is -2.45. The van der Waals surface area contributed by atoms with Crippen LogP contribution in [0.2, 0.25) is 0 Å². The monoisotopic (exact) mass is 247 g/mol. The average Bonchev–Trinajstić information content (AvgIpc) is 2.24. The number of rotatable bonds is 5. The Morgan fingerprint density at radius 1 is 1.29 bits per heavy atom. The van der Waals surface area contributed by atoms with Crippen LogP contribution in [0, 0.1) is 0 Å². The van der Waals surface area contributed by atoms with Crippen LogP contribution in [0.15, 0.2) is 0 Å². The lowest BCUT2D eigenvalue weighted by Crippen LogP contribution is -2.53. The molecule has 2 atom stereocenters. The third kappa shape index (κ3) is 3.45. The third-order valence-electron chi connectivity index (χ3n) is 3.68. The third-order valence-corrected chi connectivity index (χ3v) is 3.68. The van der Waals surface area contributed by atoms with Gasteiger partial charge in [-0.1, -0.05) is 6.42 Å². The number of Topliss-reactive ketones (excluding diaryl/α,β-unsaturated/α-hetero) is 1. The Hall–Kier alpha value is -0.550. The van der Waals surface area contributed by atoms with Gasteiger partial charge < -0.3 is 4.74 Å². The van der Waals surface area contributed by atoms with Crippen molar-refractivity contribution in [2.45, 2.75) is 50.6 Å². The molecule has 2 unspecified atom stereocenters. The summed E-state index contributed by atoms with van der Waals surface area (Å²) in [5, 5.41) is 0. The fourth-order valence-corrected chi connectivity index (χ4v) is 2.97. The van der Waals surface area contributed by atoms with Gasteiger partial charge in [-0.3, -0.25) is 9.69 Å². The van der Waals surface area contributed by atoms with Crippen LogP contribution in [-0.2, 0) is 9.53 Å². The lowest BCUT2D eigenvalue weighted by atomic mass is 9.84. The van der Waals surface area contributed by atoms with Crippen LogP contribution < -0.4 is 0 Å². The zero-order chi connectivity index (χ0) is 12.3. The van der Waals surface area contributed by atoms with Crippen LogP contribution in [0.25, 0.3) is 0 Å². The summed E-state index contributed by atoms with van der Waals surface area (Å²) < 4.78 is 28.7. The van der Waals surface area contributed by atoms with Crippen molar-refractivity contribution in [2.75, 3.05) is 19.8 Å². The minimum atomic E-state index is -2.39. The molecule has 2 fully saturated rings. The van der Waals surface area contributed by atoms with E-state index in [1.165, 1.54) is 6.42 Å². The van der Waals surface area contributed by atoms with Gasteiger partial charge in [-0.15, -0.1) is 0 Å². The number of halogens is 2. The summed E-state index contributed by atoms with van der Waals surface area (Å²) in [6.45, 7) is 0.531. The van der Waals surface area contributed by atoms with E-state index in [9.17, 15) is 13.6 Å². The first-order chi connectivity index (χ1) is 8.16. The summed E-state index contributed by atoms with van der Waals surface area (Å²) in [5.41, 5.74) is 0. The van der Waals surface area contributed by atoms with Crippen molar-refractivity contribution in [3.05, 3.63) is 0 Å². The van der Waals surface area contributed by atoms with Gasteiger partial charge in [0.1, 0.15) is 12.4 Å². The van der Waals surface area contributed by atoms with Crippen LogP contribution in [-0.4, -0.2) is 49.0 Å². The Balaban J connectivity index is 1.77. The highest BCUT2D eigenvalue weighted by atomic mass is 19.3. The normalized spacial score (nSPS) is 29.9. The van der Waals surface area contributed by atoms with Crippen LogP contribution >= 0.6 is 0 Å². The van der Waals surface area contributed by atoms with Gasteiger partial charge in [0.2, 0.25) is 0 Å². The van der Waals surface area contributed by atoms with Gasteiger partial charge >= 0.3 is 0 Å². The molecule has 0 spiro atoms. The smallest absolute Gasteiger partial charge is 0.261 e. The van der Waals surface area contributed by atoms with E-state index in [0.717, 1.165) is 12.8 Å². The van der Waals surface area contributed by atoms with Gasteiger partial charge in [0.25, 0.3) is 6.43 Å². The number of hydrogen-bond acceptors (Lipinski definition) is 3. The van der Waals surface area contributed by atoms with Gasteiger partial charge in [0.05, 0.1) is 6.61 Å². The van der Waals surface area contributed by atoms with Crippen molar-refractivity contribution in [1.29, 1.82) is 0 Å². The number of ether oxygens (including phenoxy) is 1. The fraction of sp³-hybridized carbons (Fsp3) is 0.917. The zero-order valence-electron chi connectivity index (χ0n) is 9.91. The number of piperidine rings is 2. The first kappa shape index (κ1) is 12.9. The first-order valence-electron chi connectivity index (χ1n) is 6.30. The van der Waals surface area contributed by atoms with Crippen molar-refractivity contribution in [2.24, 2.45) is 0 Å². The van der Waals surface area contributed by atoms with E-state index < -0.39 is 13.0 Å². The number of alkyl halides is 2. The molecule has 2 saturated heterocycles. The quantitative estimate of drug-likeness (QED) is 0.694. The molecule has 3 nitrogen and oxygen atoms in total. The molecule has 2 heterocycles. The molecule has 0 amide bonds. The SMILES string of the molecule is O=C1CC2CCCC(C1)N2CCOCC(F)F.